The number of aromatic nitrogens is 1. The van der Waals surface area contributed by atoms with Crippen LogP contribution in [0.3, 0.4) is 0 Å². The molecule has 0 amide bonds. The molecule has 0 saturated carbocycles. The Balaban J connectivity index is 2.28. The van der Waals surface area contributed by atoms with Crippen molar-refractivity contribution in [1.29, 1.82) is 0 Å². The van der Waals surface area contributed by atoms with E-state index in [0.29, 0.717) is 11.3 Å². The molecule has 15 heavy (non-hydrogen) atoms. The van der Waals surface area contributed by atoms with Crippen molar-refractivity contribution < 1.29 is 9.52 Å². The minimum Gasteiger partial charge on any atom is -0.447 e. The van der Waals surface area contributed by atoms with Crippen LogP contribution in [0.25, 0.3) is 0 Å². The van der Waals surface area contributed by atoms with Crippen molar-refractivity contribution in [2.75, 3.05) is 0 Å². The summed E-state index contributed by atoms with van der Waals surface area (Å²) in [6.45, 7) is 1.89. The van der Waals surface area contributed by atoms with E-state index in [1.54, 1.807) is 18.3 Å². The molecule has 0 spiro atoms. The van der Waals surface area contributed by atoms with Crippen molar-refractivity contribution in [2.45, 2.75) is 13.0 Å². The van der Waals surface area contributed by atoms with Gasteiger partial charge in [-0.05, 0) is 36.7 Å². The van der Waals surface area contributed by atoms with Crippen LogP contribution in [0, 0.1) is 6.92 Å². The molecular formula is C11H10ClNO2. The Kier molecular flexibility index (Phi) is 2.75. The molecular weight excluding hydrogens is 214 g/mol. The highest BCUT2D eigenvalue weighted by Gasteiger charge is 2.14. The number of aliphatic hydroxyl groups is 1. The fourth-order valence-electron chi connectivity index (χ4n) is 1.28. The SMILES string of the molecule is Cc1ccc(C(O)c2ccc(Cl)o2)cn1. The normalized spacial score (nSPS) is 12.7. The highest BCUT2D eigenvalue weighted by molar-refractivity contribution is 6.28. The molecule has 2 aromatic heterocycles. The first-order valence-electron chi connectivity index (χ1n) is 4.52. The molecule has 1 atom stereocenters. The second-order valence-corrected chi connectivity index (χ2v) is 3.65. The van der Waals surface area contributed by atoms with Crippen LogP contribution < -0.4 is 0 Å². The van der Waals surface area contributed by atoms with Crippen LogP contribution in [0.4, 0.5) is 0 Å². The Hall–Kier alpha value is -1.32. The summed E-state index contributed by atoms with van der Waals surface area (Å²) in [6.07, 6.45) is 0.807. The zero-order valence-electron chi connectivity index (χ0n) is 8.14. The molecule has 1 unspecified atom stereocenters. The van der Waals surface area contributed by atoms with Gasteiger partial charge >= 0.3 is 0 Å². The van der Waals surface area contributed by atoms with Crippen LogP contribution >= 0.6 is 11.6 Å². The van der Waals surface area contributed by atoms with Crippen LogP contribution in [-0.2, 0) is 0 Å². The number of rotatable bonds is 2. The lowest BCUT2D eigenvalue weighted by atomic mass is 10.1. The fraction of sp³-hybridized carbons (Fsp3) is 0.182. The van der Waals surface area contributed by atoms with E-state index in [1.165, 1.54) is 0 Å². The second kappa shape index (κ2) is 4.04. The van der Waals surface area contributed by atoms with E-state index in [2.05, 4.69) is 4.98 Å². The lowest BCUT2D eigenvalue weighted by molar-refractivity contribution is 0.189. The van der Waals surface area contributed by atoms with E-state index in [4.69, 9.17) is 16.0 Å². The van der Waals surface area contributed by atoms with Crippen molar-refractivity contribution in [3.05, 3.63) is 52.7 Å². The van der Waals surface area contributed by atoms with Gasteiger partial charge in [0, 0.05) is 17.5 Å². The Bertz CT molecular complexity index is 450. The highest BCUT2D eigenvalue weighted by atomic mass is 35.5. The van der Waals surface area contributed by atoms with Crippen molar-refractivity contribution in [3.63, 3.8) is 0 Å². The predicted molar refractivity (Wildman–Crippen MR) is 56.8 cm³/mol. The topological polar surface area (TPSA) is 46.3 Å². The zero-order chi connectivity index (χ0) is 10.8. The molecule has 0 aliphatic carbocycles. The van der Waals surface area contributed by atoms with Gasteiger partial charge in [0.2, 0.25) is 0 Å². The molecule has 4 heteroatoms. The van der Waals surface area contributed by atoms with Crippen LogP contribution in [0.5, 0.6) is 0 Å². The maximum Gasteiger partial charge on any atom is 0.193 e. The van der Waals surface area contributed by atoms with Gasteiger partial charge in [-0.3, -0.25) is 4.98 Å². The van der Waals surface area contributed by atoms with Gasteiger partial charge < -0.3 is 9.52 Å². The molecule has 0 saturated heterocycles. The van der Waals surface area contributed by atoms with Gasteiger partial charge in [0.1, 0.15) is 11.9 Å². The minimum absolute atomic E-state index is 0.268. The molecule has 2 rings (SSSR count). The maximum absolute atomic E-state index is 9.90. The summed E-state index contributed by atoms with van der Waals surface area (Å²) in [5, 5.41) is 10.2. The van der Waals surface area contributed by atoms with Crippen molar-refractivity contribution in [1.82, 2.24) is 4.98 Å². The first-order valence-corrected chi connectivity index (χ1v) is 4.90. The third-order valence-corrected chi connectivity index (χ3v) is 2.32. The summed E-state index contributed by atoms with van der Waals surface area (Å²) in [5.74, 6) is 0.422. The fourth-order valence-corrected chi connectivity index (χ4v) is 1.43. The second-order valence-electron chi connectivity index (χ2n) is 3.28. The zero-order valence-corrected chi connectivity index (χ0v) is 8.90. The number of hydrogen-bond acceptors (Lipinski definition) is 3. The molecule has 0 radical (unpaired) electrons. The summed E-state index contributed by atoms with van der Waals surface area (Å²) < 4.78 is 5.12. The summed E-state index contributed by atoms with van der Waals surface area (Å²) in [6, 6.07) is 6.89. The van der Waals surface area contributed by atoms with E-state index in [9.17, 15) is 5.11 Å². The van der Waals surface area contributed by atoms with Gasteiger partial charge in [0.05, 0.1) is 0 Å². The number of furan rings is 1. The summed E-state index contributed by atoms with van der Waals surface area (Å²) in [7, 11) is 0. The Morgan fingerprint density at radius 3 is 2.67 bits per heavy atom. The van der Waals surface area contributed by atoms with E-state index in [-0.39, 0.29) is 5.22 Å². The van der Waals surface area contributed by atoms with Crippen molar-refractivity contribution in [2.24, 2.45) is 0 Å². The largest absolute Gasteiger partial charge is 0.447 e. The number of nitrogens with zero attached hydrogens (tertiary/aromatic N) is 1. The Morgan fingerprint density at radius 2 is 2.13 bits per heavy atom. The average Bonchev–Trinajstić information content (AvgIpc) is 2.65. The molecule has 3 nitrogen and oxygen atoms in total. The molecule has 2 heterocycles. The number of aryl methyl sites for hydroxylation is 1. The smallest absolute Gasteiger partial charge is 0.193 e. The van der Waals surface area contributed by atoms with E-state index in [1.807, 2.05) is 19.1 Å². The quantitative estimate of drug-likeness (QED) is 0.852. The van der Waals surface area contributed by atoms with Gasteiger partial charge in [-0.1, -0.05) is 6.07 Å². The van der Waals surface area contributed by atoms with E-state index in [0.717, 1.165) is 5.69 Å². The molecule has 0 aromatic carbocycles. The predicted octanol–water partition coefficient (Wildman–Crippen LogP) is 2.72. The third-order valence-electron chi connectivity index (χ3n) is 2.11. The van der Waals surface area contributed by atoms with Crippen LogP contribution in [-0.4, -0.2) is 10.1 Å². The highest BCUT2D eigenvalue weighted by Crippen LogP contribution is 2.25. The van der Waals surface area contributed by atoms with Gasteiger partial charge in [-0.15, -0.1) is 0 Å². The summed E-state index contributed by atoms with van der Waals surface area (Å²) >= 11 is 5.62. The minimum atomic E-state index is -0.814. The number of pyridine rings is 1. The van der Waals surface area contributed by atoms with Gasteiger partial charge in [0.15, 0.2) is 5.22 Å². The van der Waals surface area contributed by atoms with Crippen LogP contribution in [0.2, 0.25) is 5.22 Å². The molecule has 0 bridgehead atoms. The third kappa shape index (κ3) is 2.19. The van der Waals surface area contributed by atoms with Crippen LogP contribution in [0.1, 0.15) is 23.1 Å². The Labute approximate surface area is 92.3 Å². The van der Waals surface area contributed by atoms with E-state index >= 15 is 0 Å². The standard InChI is InChI=1S/C11H10ClNO2/c1-7-2-3-8(6-13-7)11(14)9-4-5-10(12)15-9/h2-6,11,14H,1H3. The maximum atomic E-state index is 9.90. The summed E-state index contributed by atoms with van der Waals surface area (Å²) in [4.78, 5) is 4.10. The summed E-state index contributed by atoms with van der Waals surface area (Å²) in [5.41, 5.74) is 1.59. The first-order chi connectivity index (χ1) is 7.16. The molecule has 2 aromatic rings. The first kappa shape index (κ1) is 10.2. The molecule has 0 aliphatic heterocycles. The monoisotopic (exact) mass is 223 g/mol. The molecule has 0 fully saturated rings. The molecule has 1 N–H and O–H groups in total. The number of hydrogen-bond donors (Lipinski definition) is 1. The number of aliphatic hydroxyl groups excluding tert-OH is 1. The lowest BCUT2D eigenvalue weighted by Gasteiger charge is -2.07. The van der Waals surface area contributed by atoms with Gasteiger partial charge in [-0.25, -0.2) is 0 Å². The molecule has 78 valence electrons. The lowest BCUT2D eigenvalue weighted by Crippen LogP contribution is -1.98. The number of halogens is 1. The average molecular weight is 224 g/mol. The molecule has 0 aliphatic rings. The van der Waals surface area contributed by atoms with Crippen LogP contribution in [0.15, 0.2) is 34.9 Å². The van der Waals surface area contributed by atoms with Crippen molar-refractivity contribution in [3.8, 4) is 0 Å². The Morgan fingerprint density at radius 1 is 1.33 bits per heavy atom. The van der Waals surface area contributed by atoms with Gasteiger partial charge in [-0.2, -0.15) is 0 Å². The van der Waals surface area contributed by atoms with Gasteiger partial charge in [0.25, 0.3) is 0 Å². The van der Waals surface area contributed by atoms with E-state index < -0.39 is 6.10 Å². The van der Waals surface area contributed by atoms with Crippen molar-refractivity contribution >= 4 is 11.6 Å².